The number of hydrogen-bond acceptors (Lipinski definition) is 6. The molecule has 8 nitrogen and oxygen atoms in total. The average Bonchev–Trinajstić information content (AvgIpc) is 3.24. The number of nitrogens with one attached hydrogen (secondary N) is 2. The number of aliphatic imine (C=N–C) groups is 1. The Hall–Kier alpha value is -1.98. The van der Waals surface area contributed by atoms with Crippen LogP contribution in [-0.4, -0.2) is 71.5 Å². The average molecular weight is 558 g/mol. The summed E-state index contributed by atoms with van der Waals surface area (Å²) in [5.74, 6) is 4.13. The smallest absolute Gasteiger partial charge is 0.191 e. The molecule has 1 aromatic carbocycles. The van der Waals surface area contributed by atoms with E-state index in [4.69, 9.17) is 18.6 Å². The first-order valence-corrected chi connectivity index (χ1v) is 10.7. The van der Waals surface area contributed by atoms with Crippen molar-refractivity contribution in [1.29, 1.82) is 0 Å². The molecule has 2 N–H and O–H groups in total. The van der Waals surface area contributed by atoms with Crippen LogP contribution >= 0.6 is 24.0 Å². The Morgan fingerprint density at radius 1 is 1.09 bits per heavy atom. The molecule has 32 heavy (non-hydrogen) atoms. The van der Waals surface area contributed by atoms with Crippen LogP contribution in [0.3, 0.4) is 0 Å². The van der Waals surface area contributed by atoms with Gasteiger partial charge in [0.15, 0.2) is 17.5 Å². The monoisotopic (exact) mass is 558 g/mol. The predicted octanol–water partition coefficient (Wildman–Crippen LogP) is 3.00. The van der Waals surface area contributed by atoms with Crippen molar-refractivity contribution in [3.05, 3.63) is 47.4 Å². The number of guanidine groups is 1. The fraction of sp³-hybridized carbons (Fsp3) is 0.522. The number of methoxy groups -OCH3 is 2. The maximum Gasteiger partial charge on any atom is 0.191 e. The Morgan fingerprint density at radius 3 is 2.47 bits per heavy atom. The van der Waals surface area contributed by atoms with Gasteiger partial charge in [0, 0.05) is 33.2 Å². The zero-order valence-electron chi connectivity index (χ0n) is 19.3. The highest BCUT2D eigenvalue weighted by atomic mass is 127. The zero-order chi connectivity index (χ0) is 22.1. The van der Waals surface area contributed by atoms with Crippen molar-refractivity contribution in [2.45, 2.75) is 19.4 Å². The number of halogens is 1. The highest BCUT2D eigenvalue weighted by Gasteiger charge is 2.25. The van der Waals surface area contributed by atoms with E-state index < -0.39 is 0 Å². The van der Waals surface area contributed by atoms with Crippen LogP contribution in [0.2, 0.25) is 0 Å². The van der Waals surface area contributed by atoms with E-state index in [0.29, 0.717) is 6.54 Å². The molecule has 1 unspecified atom stereocenters. The number of ether oxygens (including phenoxy) is 3. The molecule has 1 atom stereocenters. The van der Waals surface area contributed by atoms with Crippen molar-refractivity contribution < 1.29 is 18.6 Å². The van der Waals surface area contributed by atoms with Gasteiger partial charge in [0.1, 0.15) is 11.5 Å². The second-order valence-corrected chi connectivity index (χ2v) is 7.43. The number of furan rings is 1. The van der Waals surface area contributed by atoms with Gasteiger partial charge in [0.25, 0.3) is 0 Å². The molecule has 3 rings (SSSR count). The van der Waals surface area contributed by atoms with E-state index in [1.165, 1.54) is 0 Å². The van der Waals surface area contributed by atoms with Gasteiger partial charge < -0.3 is 29.3 Å². The first-order chi connectivity index (χ1) is 15.1. The lowest BCUT2D eigenvalue weighted by atomic mass is 10.1. The molecule has 0 radical (unpaired) electrons. The number of nitrogens with zero attached hydrogens (tertiary/aromatic N) is 2. The van der Waals surface area contributed by atoms with Crippen molar-refractivity contribution >= 4 is 29.9 Å². The van der Waals surface area contributed by atoms with Gasteiger partial charge in [-0.25, -0.2) is 0 Å². The zero-order valence-corrected chi connectivity index (χ0v) is 21.7. The van der Waals surface area contributed by atoms with Crippen LogP contribution in [0.1, 0.15) is 23.1 Å². The molecule has 0 saturated carbocycles. The van der Waals surface area contributed by atoms with Gasteiger partial charge in [-0.05, 0) is 43.2 Å². The van der Waals surface area contributed by atoms with E-state index >= 15 is 0 Å². The SMILES string of the molecule is CN=C(NCCc1ccc(OC)c(OC)c1)NCC(c1ccc(C)o1)N1CCOCC1.I. The Bertz CT molecular complexity index is 852. The Kier molecular flexibility index (Phi) is 11.1. The molecule has 1 aliphatic rings. The lowest BCUT2D eigenvalue weighted by molar-refractivity contribution is 0.0124. The Labute approximate surface area is 207 Å². The van der Waals surface area contributed by atoms with Crippen LogP contribution < -0.4 is 20.1 Å². The van der Waals surface area contributed by atoms with Crippen molar-refractivity contribution in [1.82, 2.24) is 15.5 Å². The predicted molar refractivity (Wildman–Crippen MR) is 137 cm³/mol. The third-order valence-corrected chi connectivity index (χ3v) is 5.42. The first kappa shape index (κ1) is 26.3. The molecular formula is C23H35IN4O4. The summed E-state index contributed by atoms with van der Waals surface area (Å²) >= 11 is 0. The van der Waals surface area contributed by atoms with Crippen molar-refractivity contribution in [3.63, 3.8) is 0 Å². The summed E-state index contributed by atoms with van der Waals surface area (Å²) in [5, 5.41) is 6.85. The van der Waals surface area contributed by atoms with E-state index in [9.17, 15) is 0 Å². The van der Waals surface area contributed by atoms with Crippen molar-refractivity contribution in [2.24, 2.45) is 4.99 Å². The summed E-state index contributed by atoms with van der Waals surface area (Å²) in [5.41, 5.74) is 1.16. The van der Waals surface area contributed by atoms with Gasteiger partial charge in [-0.15, -0.1) is 24.0 Å². The van der Waals surface area contributed by atoms with Crippen LogP contribution in [0, 0.1) is 6.92 Å². The van der Waals surface area contributed by atoms with Crippen molar-refractivity contribution in [3.8, 4) is 11.5 Å². The van der Waals surface area contributed by atoms with Gasteiger partial charge >= 0.3 is 0 Å². The third kappa shape index (κ3) is 7.28. The minimum Gasteiger partial charge on any atom is -0.493 e. The maximum absolute atomic E-state index is 5.94. The molecular weight excluding hydrogens is 523 g/mol. The Morgan fingerprint density at radius 2 is 1.84 bits per heavy atom. The van der Waals surface area contributed by atoms with Crippen LogP contribution in [0.25, 0.3) is 0 Å². The van der Waals surface area contributed by atoms with Gasteiger partial charge in [0.2, 0.25) is 0 Å². The summed E-state index contributed by atoms with van der Waals surface area (Å²) in [6.45, 7) is 6.68. The third-order valence-electron chi connectivity index (χ3n) is 5.42. The molecule has 2 heterocycles. The van der Waals surface area contributed by atoms with E-state index in [2.05, 4.69) is 26.6 Å². The van der Waals surface area contributed by atoms with Gasteiger partial charge in [-0.1, -0.05) is 6.07 Å². The second-order valence-electron chi connectivity index (χ2n) is 7.43. The minimum absolute atomic E-state index is 0. The van der Waals surface area contributed by atoms with Gasteiger partial charge in [0.05, 0.1) is 33.5 Å². The summed E-state index contributed by atoms with van der Waals surface area (Å²) in [4.78, 5) is 6.77. The fourth-order valence-electron chi connectivity index (χ4n) is 3.71. The molecule has 1 fully saturated rings. The summed E-state index contributed by atoms with van der Waals surface area (Å²) < 4.78 is 22.2. The summed E-state index contributed by atoms with van der Waals surface area (Å²) in [6, 6.07) is 10.2. The lowest BCUT2D eigenvalue weighted by Crippen LogP contribution is -2.46. The van der Waals surface area contributed by atoms with Crippen LogP contribution in [0.15, 0.2) is 39.7 Å². The molecule has 178 valence electrons. The van der Waals surface area contributed by atoms with Gasteiger partial charge in [-0.3, -0.25) is 9.89 Å². The summed E-state index contributed by atoms with van der Waals surface area (Å²) in [6.07, 6.45) is 0.839. The molecule has 0 amide bonds. The second kappa shape index (κ2) is 13.5. The highest BCUT2D eigenvalue weighted by molar-refractivity contribution is 14.0. The van der Waals surface area contributed by atoms with Crippen LogP contribution in [0.5, 0.6) is 11.5 Å². The Balaban J connectivity index is 0.00000363. The normalized spacial score (nSPS) is 15.6. The highest BCUT2D eigenvalue weighted by Crippen LogP contribution is 2.27. The molecule has 0 spiro atoms. The molecule has 1 saturated heterocycles. The van der Waals surface area contributed by atoms with E-state index in [-0.39, 0.29) is 30.0 Å². The number of aryl methyl sites for hydroxylation is 1. The number of rotatable bonds is 9. The number of benzene rings is 1. The quantitative estimate of drug-likeness (QED) is 0.278. The lowest BCUT2D eigenvalue weighted by Gasteiger charge is -2.33. The molecule has 9 heteroatoms. The van der Waals surface area contributed by atoms with E-state index in [1.807, 2.05) is 31.2 Å². The standard InChI is InChI=1S/C23H34N4O4.HI/c1-17-5-7-20(31-17)19(27-11-13-30-14-12-27)16-26-23(24-2)25-10-9-18-6-8-21(28-3)22(15-18)29-4;/h5-8,15,19H,9-14,16H2,1-4H3,(H2,24,25,26);1H. The number of morpholine rings is 1. The van der Waals surface area contributed by atoms with Gasteiger partial charge in [-0.2, -0.15) is 0 Å². The molecule has 0 bridgehead atoms. The summed E-state index contributed by atoms with van der Waals surface area (Å²) in [7, 11) is 5.08. The molecule has 2 aromatic rings. The molecule has 1 aliphatic heterocycles. The first-order valence-electron chi connectivity index (χ1n) is 10.7. The van der Waals surface area contributed by atoms with Crippen molar-refractivity contribution in [2.75, 3.05) is 60.7 Å². The topological polar surface area (TPSA) is 80.5 Å². The minimum atomic E-state index is 0. The van der Waals surface area contributed by atoms with Crippen LogP contribution in [0.4, 0.5) is 0 Å². The van der Waals surface area contributed by atoms with E-state index in [1.54, 1.807) is 21.3 Å². The largest absolute Gasteiger partial charge is 0.493 e. The number of hydrogen-bond donors (Lipinski definition) is 2. The molecule has 0 aliphatic carbocycles. The molecule has 1 aromatic heterocycles. The maximum atomic E-state index is 5.94. The van der Waals surface area contributed by atoms with E-state index in [0.717, 1.165) is 73.8 Å². The fourth-order valence-corrected chi connectivity index (χ4v) is 3.71. The van der Waals surface area contributed by atoms with Crippen LogP contribution in [-0.2, 0) is 11.2 Å².